The van der Waals surface area contributed by atoms with E-state index >= 15 is 0 Å². The van der Waals surface area contributed by atoms with Crippen LogP contribution >= 0.6 is 0 Å². The smallest absolute Gasteiger partial charge is 0.337 e. The molecule has 1 aromatic carbocycles. The van der Waals surface area contributed by atoms with Crippen molar-refractivity contribution >= 4 is 17.9 Å². The Morgan fingerprint density at radius 2 is 1.63 bits per heavy atom. The second-order valence-electron chi connectivity index (χ2n) is 7.91. The van der Waals surface area contributed by atoms with Crippen LogP contribution in [-0.2, 0) is 30.4 Å². The monoisotopic (exact) mass is 378 g/mol. The van der Waals surface area contributed by atoms with Gasteiger partial charge in [-0.1, -0.05) is 26.0 Å². The second kappa shape index (κ2) is 10.1. The first kappa shape index (κ1) is 22.7. The first-order valence-corrected chi connectivity index (χ1v) is 9.07. The van der Waals surface area contributed by atoms with Crippen LogP contribution in [0.5, 0.6) is 0 Å². The highest BCUT2D eigenvalue weighted by Gasteiger charge is 2.28. The standard InChI is InChI=1S/C21H30O6/c1-14(2)11-17(20(24)27-21(3,4)5)12-18(22)26-13-15-7-9-16(10-8-15)19(23)25-6/h7-10,14,17H,11-13H2,1-6H3/t17-/m1/s1. The molecule has 0 saturated heterocycles. The molecule has 0 saturated carbocycles. The molecule has 6 heteroatoms. The van der Waals surface area contributed by atoms with Crippen LogP contribution in [0.15, 0.2) is 24.3 Å². The average Bonchev–Trinajstić information content (AvgIpc) is 2.57. The van der Waals surface area contributed by atoms with Gasteiger partial charge in [-0.2, -0.15) is 0 Å². The lowest BCUT2D eigenvalue weighted by Gasteiger charge is -2.24. The molecule has 0 bridgehead atoms. The van der Waals surface area contributed by atoms with Crippen molar-refractivity contribution < 1.29 is 28.6 Å². The SMILES string of the molecule is COC(=O)c1ccc(COC(=O)C[C@@H](CC(C)C)C(=O)OC(C)(C)C)cc1. The number of benzene rings is 1. The van der Waals surface area contributed by atoms with Crippen molar-refractivity contribution in [3.8, 4) is 0 Å². The summed E-state index contributed by atoms with van der Waals surface area (Å²) in [7, 11) is 1.32. The van der Waals surface area contributed by atoms with Crippen molar-refractivity contribution in [2.45, 2.75) is 59.7 Å². The van der Waals surface area contributed by atoms with Gasteiger partial charge in [-0.3, -0.25) is 9.59 Å². The van der Waals surface area contributed by atoms with Gasteiger partial charge in [0.2, 0.25) is 0 Å². The quantitative estimate of drug-likeness (QED) is 0.504. The summed E-state index contributed by atoms with van der Waals surface area (Å²) in [4.78, 5) is 36.0. The fourth-order valence-corrected chi connectivity index (χ4v) is 2.50. The van der Waals surface area contributed by atoms with Gasteiger partial charge in [0, 0.05) is 0 Å². The van der Waals surface area contributed by atoms with E-state index in [2.05, 4.69) is 4.74 Å². The molecule has 0 amide bonds. The molecule has 0 fully saturated rings. The van der Waals surface area contributed by atoms with Gasteiger partial charge in [0.15, 0.2) is 0 Å². The average molecular weight is 378 g/mol. The summed E-state index contributed by atoms with van der Waals surface area (Å²) in [6.45, 7) is 9.45. The molecule has 0 radical (unpaired) electrons. The molecule has 150 valence electrons. The normalized spacial score (nSPS) is 12.4. The summed E-state index contributed by atoms with van der Waals surface area (Å²) in [5.41, 5.74) is 0.570. The Kier molecular flexibility index (Phi) is 8.47. The van der Waals surface area contributed by atoms with E-state index in [0.29, 0.717) is 12.0 Å². The van der Waals surface area contributed by atoms with Crippen LogP contribution in [0.4, 0.5) is 0 Å². The van der Waals surface area contributed by atoms with Gasteiger partial charge < -0.3 is 14.2 Å². The molecule has 0 heterocycles. The van der Waals surface area contributed by atoms with E-state index in [9.17, 15) is 14.4 Å². The summed E-state index contributed by atoms with van der Waals surface area (Å²) in [6, 6.07) is 6.60. The van der Waals surface area contributed by atoms with Crippen molar-refractivity contribution in [1.82, 2.24) is 0 Å². The molecule has 1 atom stereocenters. The lowest BCUT2D eigenvalue weighted by atomic mass is 9.94. The van der Waals surface area contributed by atoms with E-state index < -0.39 is 23.5 Å². The Bertz CT molecular complexity index is 640. The van der Waals surface area contributed by atoms with Crippen LogP contribution in [0.25, 0.3) is 0 Å². The molecular formula is C21H30O6. The summed E-state index contributed by atoms with van der Waals surface area (Å²) >= 11 is 0. The fourth-order valence-electron chi connectivity index (χ4n) is 2.50. The summed E-state index contributed by atoms with van der Waals surface area (Å²) < 4.78 is 15.3. The fraction of sp³-hybridized carbons (Fsp3) is 0.571. The molecule has 0 N–H and O–H groups in total. The number of hydrogen-bond acceptors (Lipinski definition) is 6. The number of hydrogen-bond donors (Lipinski definition) is 0. The number of carbonyl (C=O) groups excluding carboxylic acids is 3. The van der Waals surface area contributed by atoms with E-state index in [0.717, 1.165) is 5.56 Å². The summed E-state index contributed by atoms with van der Waals surface area (Å²) in [5, 5.41) is 0. The van der Waals surface area contributed by atoms with Gasteiger partial charge in [0.1, 0.15) is 12.2 Å². The van der Waals surface area contributed by atoms with E-state index in [1.54, 1.807) is 45.0 Å². The maximum absolute atomic E-state index is 12.4. The van der Waals surface area contributed by atoms with Crippen LogP contribution in [0, 0.1) is 11.8 Å². The molecule has 0 aliphatic rings. The number of rotatable bonds is 8. The Balaban J connectivity index is 2.63. The Morgan fingerprint density at radius 1 is 1.04 bits per heavy atom. The molecule has 0 aromatic heterocycles. The van der Waals surface area contributed by atoms with Gasteiger partial charge >= 0.3 is 17.9 Å². The first-order valence-electron chi connectivity index (χ1n) is 9.07. The van der Waals surface area contributed by atoms with Gasteiger partial charge in [-0.25, -0.2) is 4.79 Å². The minimum atomic E-state index is -0.600. The van der Waals surface area contributed by atoms with E-state index in [1.807, 2.05) is 13.8 Å². The lowest BCUT2D eigenvalue weighted by Crippen LogP contribution is -2.31. The predicted octanol–water partition coefficient (Wildman–Crippen LogP) is 3.91. The number of methoxy groups -OCH3 is 1. The molecule has 0 unspecified atom stereocenters. The van der Waals surface area contributed by atoms with E-state index in [1.165, 1.54) is 7.11 Å². The third-order valence-electron chi connectivity index (χ3n) is 3.68. The highest BCUT2D eigenvalue weighted by Crippen LogP contribution is 2.21. The Hall–Kier alpha value is -2.37. The van der Waals surface area contributed by atoms with Crippen LogP contribution < -0.4 is 0 Å². The predicted molar refractivity (Wildman–Crippen MR) is 101 cm³/mol. The zero-order valence-corrected chi connectivity index (χ0v) is 17.0. The van der Waals surface area contributed by atoms with Crippen LogP contribution in [-0.4, -0.2) is 30.6 Å². The third kappa shape index (κ3) is 8.71. The zero-order chi connectivity index (χ0) is 20.6. The van der Waals surface area contributed by atoms with Gasteiger partial charge in [-0.15, -0.1) is 0 Å². The van der Waals surface area contributed by atoms with Crippen molar-refractivity contribution in [1.29, 1.82) is 0 Å². The largest absolute Gasteiger partial charge is 0.465 e. The Morgan fingerprint density at radius 3 is 2.11 bits per heavy atom. The molecule has 6 nitrogen and oxygen atoms in total. The van der Waals surface area contributed by atoms with Gasteiger partial charge in [-0.05, 0) is 50.8 Å². The minimum Gasteiger partial charge on any atom is -0.465 e. The molecule has 0 aliphatic carbocycles. The van der Waals surface area contributed by atoms with Crippen molar-refractivity contribution in [3.05, 3.63) is 35.4 Å². The number of ether oxygens (including phenoxy) is 3. The van der Waals surface area contributed by atoms with Gasteiger partial charge in [0.05, 0.1) is 25.0 Å². The highest BCUT2D eigenvalue weighted by atomic mass is 16.6. The summed E-state index contributed by atoms with van der Waals surface area (Å²) in [5.74, 6) is -1.54. The van der Waals surface area contributed by atoms with E-state index in [-0.39, 0.29) is 24.9 Å². The van der Waals surface area contributed by atoms with Crippen molar-refractivity contribution in [3.63, 3.8) is 0 Å². The van der Waals surface area contributed by atoms with Crippen molar-refractivity contribution in [2.75, 3.05) is 7.11 Å². The van der Waals surface area contributed by atoms with Crippen LogP contribution in [0.2, 0.25) is 0 Å². The molecule has 1 rings (SSSR count). The second-order valence-corrected chi connectivity index (χ2v) is 7.91. The minimum absolute atomic E-state index is 0.0205. The number of carbonyl (C=O) groups is 3. The van der Waals surface area contributed by atoms with Crippen LogP contribution in [0.3, 0.4) is 0 Å². The van der Waals surface area contributed by atoms with Gasteiger partial charge in [0.25, 0.3) is 0 Å². The molecule has 0 spiro atoms. The molecular weight excluding hydrogens is 348 g/mol. The molecule has 0 aliphatic heterocycles. The number of esters is 3. The topological polar surface area (TPSA) is 78.9 Å². The maximum Gasteiger partial charge on any atom is 0.337 e. The molecule has 1 aromatic rings. The third-order valence-corrected chi connectivity index (χ3v) is 3.68. The lowest BCUT2D eigenvalue weighted by molar-refractivity contribution is -0.164. The summed E-state index contributed by atoms with van der Waals surface area (Å²) in [6.07, 6.45) is 0.533. The first-order chi connectivity index (χ1) is 12.5. The van der Waals surface area contributed by atoms with Crippen LogP contribution in [0.1, 0.15) is 63.4 Å². The Labute approximate surface area is 161 Å². The highest BCUT2D eigenvalue weighted by molar-refractivity contribution is 5.89. The zero-order valence-electron chi connectivity index (χ0n) is 17.0. The molecule has 27 heavy (non-hydrogen) atoms. The van der Waals surface area contributed by atoms with E-state index in [4.69, 9.17) is 9.47 Å². The maximum atomic E-state index is 12.4. The van der Waals surface area contributed by atoms with Crippen molar-refractivity contribution in [2.24, 2.45) is 11.8 Å².